The number of rotatable bonds is 4. The maximum Gasteiger partial charge on any atom is 0.242 e. The number of carbonyl (C=O) groups is 1. The van der Waals surface area contributed by atoms with E-state index in [4.69, 9.17) is 0 Å². The van der Waals surface area contributed by atoms with Gasteiger partial charge in [0.1, 0.15) is 6.04 Å². The minimum absolute atomic E-state index is 0.0915. The molecule has 1 atom stereocenters. The molecule has 1 aliphatic carbocycles. The first-order valence-corrected chi connectivity index (χ1v) is 7.52. The van der Waals surface area contributed by atoms with Gasteiger partial charge in [-0.25, -0.2) is 0 Å². The number of anilines is 1. The second kappa shape index (κ2) is 5.44. The van der Waals surface area contributed by atoms with E-state index >= 15 is 0 Å². The molecule has 1 heterocycles. The third-order valence-electron chi connectivity index (χ3n) is 4.20. The smallest absolute Gasteiger partial charge is 0.242 e. The largest absolute Gasteiger partial charge is 0.358 e. The van der Waals surface area contributed by atoms with Gasteiger partial charge in [-0.2, -0.15) is 0 Å². The average Bonchev–Trinajstić information content (AvgIpc) is 3.24. The highest BCUT2D eigenvalue weighted by Gasteiger charge is 2.27. The van der Waals surface area contributed by atoms with Gasteiger partial charge in [0.25, 0.3) is 0 Å². The van der Waals surface area contributed by atoms with Gasteiger partial charge < -0.3 is 15.5 Å². The fraction of sp³-hybridized carbons (Fsp3) is 0.562. The Balaban J connectivity index is 1.84. The molecule has 4 nitrogen and oxygen atoms in total. The zero-order chi connectivity index (χ0) is 14.1. The van der Waals surface area contributed by atoms with Crippen molar-refractivity contribution in [1.82, 2.24) is 10.6 Å². The van der Waals surface area contributed by atoms with E-state index in [-0.39, 0.29) is 11.9 Å². The maximum atomic E-state index is 11.9. The molecule has 0 spiro atoms. The summed E-state index contributed by atoms with van der Waals surface area (Å²) in [6.07, 6.45) is 2.59. The lowest BCUT2D eigenvalue weighted by molar-refractivity contribution is -0.122. The van der Waals surface area contributed by atoms with Gasteiger partial charge in [-0.05, 0) is 38.3 Å². The zero-order valence-corrected chi connectivity index (χ0v) is 12.3. The first kappa shape index (κ1) is 13.4. The molecule has 2 N–H and O–H groups in total. The molecule has 3 rings (SSSR count). The lowest BCUT2D eigenvalue weighted by atomic mass is 10.1. The lowest BCUT2D eigenvalue weighted by Crippen LogP contribution is -2.54. The van der Waals surface area contributed by atoms with Crippen LogP contribution in [0.1, 0.15) is 30.9 Å². The zero-order valence-electron chi connectivity index (χ0n) is 12.3. The molecule has 108 valence electrons. The Bertz CT molecular complexity index is 510. The van der Waals surface area contributed by atoms with Crippen molar-refractivity contribution in [3.8, 4) is 0 Å². The molecule has 1 aliphatic heterocycles. The molecule has 2 fully saturated rings. The highest BCUT2D eigenvalue weighted by Crippen LogP contribution is 2.26. The third kappa shape index (κ3) is 2.80. The van der Waals surface area contributed by atoms with Gasteiger partial charge in [0, 0.05) is 31.4 Å². The highest BCUT2D eigenvalue weighted by atomic mass is 16.2. The molecular weight excluding hydrogens is 250 g/mol. The normalized spacial score (nSPS) is 22.8. The predicted octanol–water partition coefficient (Wildman–Crippen LogP) is 1.57. The van der Waals surface area contributed by atoms with E-state index < -0.39 is 0 Å². The first-order valence-electron chi connectivity index (χ1n) is 7.52. The van der Waals surface area contributed by atoms with Crippen LogP contribution < -0.4 is 15.5 Å². The van der Waals surface area contributed by atoms with Gasteiger partial charge >= 0.3 is 0 Å². The van der Waals surface area contributed by atoms with Crippen LogP contribution in [0.5, 0.6) is 0 Å². The fourth-order valence-corrected chi connectivity index (χ4v) is 2.79. The van der Waals surface area contributed by atoms with E-state index in [2.05, 4.69) is 40.7 Å². The molecule has 1 aromatic rings. The summed E-state index contributed by atoms with van der Waals surface area (Å²) >= 11 is 0. The summed E-state index contributed by atoms with van der Waals surface area (Å²) in [5.41, 5.74) is 3.78. The van der Waals surface area contributed by atoms with Crippen LogP contribution in [0.15, 0.2) is 18.2 Å². The van der Waals surface area contributed by atoms with Crippen molar-refractivity contribution < 1.29 is 4.79 Å². The topological polar surface area (TPSA) is 44.4 Å². The molecule has 1 saturated carbocycles. The van der Waals surface area contributed by atoms with E-state index in [0.29, 0.717) is 6.04 Å². The molecule has 20 heavy (non-hydrogen) atoms. The Labute approximate surface area is 120 Å². The van der Waals surface area contributed by atoms with Crippen LogP contribution in [0.4, 0.5) is 5.69 Å². The summed E-state index contributed by atoms with van der Waals surface area (Å²) in [6, 6.07) is 7.14. The van der Waals surface area contributed by atoms with Gasteiger partial charge in [-0.1, -0.05) is 17.7 Å². The van der Waals surface area contributed by atoms with Crippen molar-refractivity contribution in [2.75, 3.05) is 18.0 Å². The van der Waals surface area contributed by atoms with Crippen LogP contribution in [0, 0.1) is 6.92 Å². The quantitative estimate of drug-likeness (QED) is 0.875. The standard InChI is InChI=1S/C16H23N3O/c1-11-3-6-15(13(9-11)10-18-14-4-5-14)19-8-7-17-16(20)12(19)2/h3,6,9,12,14,18H,4-5,7-8,10H2,1-2H3,(H,17,20). The summed E-state index contributed by atoms with van der Waals surface area (Å²) in [5.74, 6) is 0.123. The molecule has 1 unspecified atom stereocenters. The van der Waals surface area contributed by atoms with Crippen LogP contribution in [-0.2, 0) is 11.3 Å². The van der Waals surface area contributed by atoms with Crippen molar-refractivity contribution in [2.24, 2.45) is 0 Å². The Morgan fingerprint density at radius 2 is 2.20 bits per heavy atom. The number of piperazine rings is 1. The molecule has 1 saturated heterocycles. The molecule has 0 bridgehead atoms. The molecule has 0 aromatic heterocycles. The van der Waals surface area contributed by atoms with E-state index in [9.17, 15) is 4.79 Å². The number of carbonyl (C=O) groups excluding carboxylic acids is 1. The third-order valence-corrected chi connectivity index (χ3v) is 4.20. The van der Waals surface area contributed by atoms with Gasteiger partial charge in [0.2, 0.25) is 5.91 Å². The van der Waals surface area contributed by atoms with Crippen LogP contribution in [-0.4, -0.2) is 31.1 Å². The predicted molar refractivity (Wildman–Crippen MR) is 80.9 cm³/mol. The SMILES string of the molecule is Cc1ccc(N2CCNC(=O)C2C)c(CNC2CC2)c1. The number of amides is 1. The van der Waals surface area contributed by atoms with Gasteiger partial charge in [0.05, 0.1) is 0 Å². The fourth-order valence-electron chi connectivity index (χ4n) is 2.79. The second-order valence-electron chi connectivity index (χ2n) is 5.95. The summed E-state index contributed by atoms with van der Waals surface area (Å²) in [5, 5.41) is 6.50. The van der Waals surface area contributed by atoms with Crippen LogP contribution >= 0.6 is 0 Å². The van der Waals surface area contributed by atoms with Crippen molar-refractivity contribution in [1.29, 1.82) is 0 Å². The van der Waals surface area contributed by atoms with Crippen molar-refractivity contribution in [2.45, 2.75) is 45.3 Å². The summed E-state index contributed by atoms with van der Waals surface area (Å²) in [7, 11) is 0. The van der Waals surface area contributed by atoms with Crippen molar-refractivity contribution in [3.63, 3.8) is 0 Å². The number of hydrogen-bond acceptors (Lipinski definition) is 3. The molecule has 0 radical (unpaired) electrons. The lowest BCUT2D eigenvalue weighted by Gasteiger charge is -2.36. The highest BCUT2D eigenvalue weighted by molar-refractivity contribution is 5.86. The van der Waals surface area contributed by atoms with Gasteiger partial charge in [-0.15, -0.1) is 0 Å². The Morgan fingerprint density at radius 1 is 1.40 bits per heavy atom. The number of nitrogens with zero attached hydrogens (tertiary/aromatic N) is 1. The van der Waals surface area contributed by atoms with Crippen LogP contribution in [0.2, 0.25) is 0 Å². The molecule has 2 aliphatic rings. The van der Waals surface area contributed by atoms with Crippen molar-refractivity contribution in [3.05, 3.63) is 29.3 Å². The molecular formula is C16H23N3O. The number of nitrogens with one attached hydrogen (secondary N) is 2. The minimum Gasteiger partial charge on any atom is -0.358 e. The van der Waals surface area contributed by atoms with Gasteiger partial charge in [0.15, 0.2) is 0 Å². The Morgan fingerprint density at radius 3 is 2.95 bits per heavy atom. The second-order valence-corrected chi connectivity index (χ2v) is 5.95. The molecule has 1 amide bonds. The van der Waals surface area contributed by atoms with E-state index in [0.717, 1.165) is 19.6 Å². The number of aryl methyl sites for hydroxylation is 1. The Hall–Kier alpha value is -1.55. The van der Waals surface area contributed by atoms with E-state index in [1.165, 1.54) is 29.7 Å². The molecule has 1 aromatic carbocycles. The Kier molecular flexibility index (Phi) is 3.66. The monoisotopic (exact) mass is 273 g/mol. The van der Waals surface area contributed by atoms with E-state index in [1.807, 2.05) is 6.92 Å². The van der Waals surface area contributed by atoms with Crippen LogP contribution in [0.3, 0.4) is 0 Å². The minimum atomic E-state index is -0.0915. The number of benzene rings is 1. The maximum absolute atomic E-state index is 11.9. The molecule has 4 heteroatoms. The average molecular weight is 273 g/mol. The summed E-state index contributed by atoms with van der Waals surface area (Å²) in [6.45, 7) is 6.61. The number of hydrogen-bond donors (Lipinski definition) is 2. The van der Waals surface area contributed by atoms with Gasteiger partial charge in [-0.3, -0.25) is 4.79 Å². The first-order chi connectivity index (χ1) is 9.65. The summed E-state index contributed by atoms with van der Waals surface area (Å²) < 4.78 is 0. The van der Waals surface area contributed by atoms with Crippen LogP contribution in [0.25, 0.3) is 0 Å². The van der Waals surface area contributed by atoms with Crippen molar-refractivity contribution >= 4 is 11.6 Å². The van der Waals surface area contributed by atoms with E-state index in [1.54, 1.807) is 0 Å². The summed E-state index contributed by atoms with van der Waals surface area (Å²) in [4.78, 5) is 14.1.